The maximum absolute atomic E-state index is 4.74. The number of nitrogens with one attached hydrogen (secondary N) is 2. The lowest BCUT2D eigenvalue weighted by Gasteiger charge is -2.08. The summed E-state index contributed by atoms with van der Waals surface area (Å²) < 4.78 is 2.50. The van der Waals surface area contributed by atoms with E-state index in [0.717, 1.165) is 55.3 Å². The molecule has 0 saturated heterocycles. The third-order valence-electron chi connectivity index (χ3n) is 6.93. The van der Waals surface area contributed by atoms with Gasteiger partial charge in [-0.1, -0.05) is 30.3 Å². The van der Waals surface area contributed by atoms with Gasteiger partial charge in [-0.15, -0.1) is 11.3 Å². The number of nitrogens with zero attached hydrogens (tertiary/aromatic N) is 4. The zero-order chi connectivity index (χ0) is 23.3. The monoisotopic (exact) mass is 470 g/mol. The molecule has 4 aromatic carbocycles. The zero-order valence-corrected chi connectivity index (χ0v) is 19.8. The van der Waals surface area contributed by atoms with Gasteiger partial charge in [-0.2, -0.15) is 10.2 Å². The highest BCUT2D eigenvalue weighted by atomic mass is 32.1. The Balaban J connectivity index is 1.39. The number of benzene rings is 4. The topological polar surface area (TPSA) is 83.1 Å². The van der Waals surface area contributed by atoms with Crippen molar-refractivity contribution in [3.63, 3.8) is 0 Å². The van der Waals surface area contributed by atoms with Gasteiger partial charge in [-0.05, 0) is 48.6 Å². The van der Waals surface area contributed by atoms with Crippen LogP contribution in [0.3, 0.4) is 0 Å². The van der Waals surface area contributed by atoms with Crippen LogP contribution in [0.5, 0.6) is 0 Å². The van der Waals surface area contributed by atoms with Gasteiger partial charge in [-0.25, -0.2) is 9.97 Å². The van der Waals surface area contributed by atoms with Crippen LogP contribution < -0.4 is 0 Å². The Hall–Kier alpha value is -4.36. The van der Waals surface area contributed by atoms with Gasteiger partial charge in [0.25, 0.3) is 0 Å². The Morgan fingerprint density at radius 3 is 2.23 bits per heavy atom. The average Bonchev–Trinajstić information content (AvgIpc) is 3.56. The first-order valence-corrected chi connectivity index (χ1v) is 12.3. The summed E-state index contributed by atoms with van der Waals surface area (Å²) in [6, 6.07) is 17.7. The van der Waals surface area contributed by atoms with E-state index in [4.69, 9.17) is 9.97 Å². The second kappa shape index (κ2) is 6.61. The number of aryl methyl sites for hydroxylation is 2. The fraction of sp³-hybridized carbons (Fsp3) is 0.0714. The van der Waals surface area contributed by atoms with Crippen LogP contribution in [0.2, 0.25) is 0 Å². The minimum atomic E-state index is 0.895. The van der Waals surface area contributed by atoms with E-state index in [0.29, 0.717) is 0 Å². The van der Waals surface area contributed by atoms with Crippen molar-refractivity contribution in [3.8, 4) is 11.1 Å². The quantitative estimate of drug-likeness (QED) is 0.249. The summed E-state index contributed by atoms with van der Waals surface area (Å²) in [7, 11) is 0. The summed E-state index contributed by atoms with van der Waals surface area (Å²) in [6.07, 6.45) is 3.65. The Kier molecular flexibility index (Phi) is 3.59. The van der Waals surface area contributed by atoms with Crippen molar-refractivity contribution in [3.05, 3.63) is 72.6 Å². The van der Waals surface area contributed by atoms with Gasteiger partial charge < -0.3 is 9.97 Å². The summed E-state index contributed by atoms with van der Waals surface area (Å²) in [5, 5.41) is 15.2. The Labute approximate surface area is 202 Å². The number of fused-ring (bicyclic) bond motifs is 11. The number of thiophene rings is 1. The number of hydrogen-bond acceptors (Lipinski definition) is 5. The molecule has 0 aliphatic rings. The van der Waals surface area contributed by atoms with Gasteiger partial charge in [0, 0.05) is 31.6 Å². The average molecular weight is 471 g/mol. The maximum atomic E-state index is 4.74. The summed E-state index contributed by atoms with van der Waals surface area (Å²) in [4.78, 5) is 16.3. The van der Waals surface area contributed by atoms with E-state index in [2.05, 4.69) is 68.7 Å². The molecule has 166 valence electrons. The van der Waals surface area contributed by atoms with Crippen molar-refractivity contribution in [1.29, 1.82) is 0 Å². The van der Waals surface area contributed by atoms with Crippen molar-refractivity contribution >= 4 is 75.1 Å². The molecule has 0 amide bonds. The first-order valence-electron chi connectivity index (χ1n) is 11.5. The van der Waals surface area contributed by atoms with Crippen molar-refractivity contribution in [1.82, 2.24) is 30.1 Å². The lowest BCUT2D eigenvalue weighted by molar-refractivity contribution is 1.05. The van der Waals surface area contributed by atoms with Gasteiger partial charge in [0.15, 0.2) is 0 Å². The molecule has 0 radical (unpaired) electrons. The molecule has 6 nitrogen and oxygen atoms in total. The number of rotatable bonds is 1. The number of aromatic nitrogens is 6. The summed E-state index contributed by atoms with van der Waals surface area (Å²) in [5.74, 6) is 1.84. The molecule has 0 bridgehead atoms. The molecule has 0 saturated carbocycles. The van der Waals surface area contributed by atoms with Gasteiger partial charge in [-0.3, -0.25) is 0 Å². The van der Waals surface area contributed by atoms with Gasteiger partial charge in [0.05, 0.1) is 33.6 Å². The largest absolute Gasteiger partial charge is 0.342 e. The summed E-state index contributed by atoms with van der Waals surface area (Å²) >= 11 is 1.81. The smallest absolute Gasteiger partial charge is 0.106 e. The molecule has 8 rings (SSSR count). The van der Waals surface area contributed by atoms with Gasteiger partial charge in [0.1, 0.15) is 17.2 Å². The zero-order valence-electron chi connectivity index (χ0n) is 19.0. The van der Waals surface area contributed by atoms with Crippen molar-refractivity contribution in [2.45, 2.75) is 13.8 Å². The van der Waals surface area contributed by atoms with Crippen LogP contribution in [0.1, 0.15) is 11.6 Å². The normalized spacial score (nSPS) is 12.3. The van der Waals surface area contributed by atoms with Crippen LogP contribution in [0.15, 0.2) is 60.9 Å². The highest BCUT2D eigenvalue weighted by Gasteiger charge is 2.15. The van der Waals surface area contributed by atoms with E-state index >= 15 is 0 Å². The van der Waals surface area contributed by atoms with Crippen LogP contribution in [0.25, 0.3) is 74.9 Å². The lowest BCUT2D eigenvalue weighted by Crippen LogP contribution is -1.87. The van der Waals surface area contributed by atoms with E-state index in [1.165, 1.54) is 31.3 Å². The molecule has 4 aromatic heterocycles. The predicted molar refractivity (Wildman–Crippen MR) is 144 cm³/mol. The van der Waals surface area contributed by atoms with Crippen LogP contribution in [0, 0.1) is 13.8 Å². The number of hydrogen-bond donors (Lipinski definition) is 2. The maximum Gasteiger partial charge on any atom is 0.106 e. The third-order valence-corrected chi connectivity index (χ3v) is 8.11. The molecule has 0 aliphatic carbocycles. The number of H-pyrrole nitrogens is 2. The molecule has 2 N–H and O–H groups in total. The molecule has 4 heterocycles. The molecular formula is C28H18N6S. The van der Waals surface area contributed by atoms with E-state index in [1.54, 1.807) is 0 Å². The van der Waals surface area contributed by atoms with Crippen molar-refractivity contribution in [2.24, 2.45) is 0 Å². The van der Waals surface area contributed by atoms with Crippen LogP contribution in [0.4, 0.5) is 0 Å². The SMILES string of the molecule is Cc1nc2c(ccc3c4ccc(-c5ccc6c(c5)c5cnncc5c5nc(C)[nH]c65)cc4sc32)[nH]1. The molecule has 0 aliphatic heterocycles. The predicted octanol–water partition coefficient (Wildman–Crippen LogP) is 7.19. The summed E-state index contributed by atoms with van der Waals surface area (Å²) in [6.45, 7) is 3.99. The van der Waals surface area contributed by atoms with E-state index in [9.17, 15) is 0 Å². The lowest BCUT2D eigenvalue weighted by atomic mass is 9.96. The van der Waals surface area contributed by atoms with E-state index < -0.39 is 0 Å². The molecule has 0 atom stereocenters. The van der Waals surface area contributed by atoms with E-state index in [-0.39, 0.29) is 0 Å². The molecule has 35 heavy (non-hydrogen) atoms. The third kappa shape index (κ3) is 2.58. The molecule has 0 fully saturated rings. The highest BCUT2D eigenvalue weighted by Crippen LogP contribution is 2.40. The molecular weight excluding hydrogens is 452 g/mol. The fourth-order valence-corrected chi connectivity index (χ4v) is 6.61. The minimum Gasteiger partial charge on any atom is -0.342 e. The standard InChI is InChI=1S/C28H18N6S/c1-13-31-23-8-7-19-17-5-3-16(10-24(17)35-28(19)27(23)34-13)15-4-6-18-20(9-15)21-11-29-30-12-22(21)26-25(18)32-14(2)33-26/h3-12H,1-2H3,(H,31,34)(H,32,33). The molecule has 0 unspecified atom stereocenters. The first-order chi connectivity index (χ1) is 17.1. The highest BCUT2D eigenvalue weighted by molar-refractivity contribution is 7.26. The second-order valence-electron chi connectivity index (χ2n) is 9.10. The number of imidazole rings is 2. The van der Waals surface area contributed by atoms with Crippen LogP contribution in [-0.4, -0.2) is 30.1 Å². The number of aromatic amines is 2. The minimum absolute atomic E-state index is 0.895. The first kappa shape index (κ1) is 19.0. The van der Waals surface area contributed by atoms with Crippen molar-refractivity contribution < 1.29 is 0 Å². The Morgan fingerprint density at radius 2 is 1.34 bits per heavy atom. The molecule has 7 heteroatoms. The molecule has 0 spiro atoms. The summed E-state index contributed by atoms with van der Waals surface area (Å²) in [5.41, 5.74) is 6.50. The Morgan fingerprint density at radius 1 is 0.629 bits per heavy atom. The van der Waals surface area contributed by atoms with Gasteiger partial charge >= 0.3 is 0 Å². The fourth-order valence-electron chi connectivity index (χ4n) is 5.38. The Bertz CT molecular complexity index is 2150. The molecule has 8 aromatic rings. The van der Waals surface area contributed by atoms with E-state index in [1.807, 2.05) is 37.6 Å². The second-order valence-corrected chi connectivity index (χ2v) is 10.1. The van der Waals surface area contributed by atoms with Gasteiger partial charge in [0.2, 0.25) is 0 Å². The van der Waals surface area contributed by atoms with Crippen molar-refractivity contribution in [2.75, 3.05) is 0 Å². The van der Waals surface area contributed by atoms with Crippen LogP contribution in [-0.2, 0) is 0 Å². The van der Waals surface area contributed by atoms with Crippen LogP contribution >= 0.6 is 11.3 Å².